The van der Waals surface area contributed by atoms with Crippen molar-refractivity contribution in [3.05, 3.63) is 97.2 Å². The molecule has 0 spiro atoms. The van der Waals surface area contributed by atoms with Gasteiger partial charge < -0.3 is 0 Å². The molecule has 0 heterocycles. The molecule has 0 nitrogen and oxygen atoms in total. The molecule has 0 amide bonds. The molecule has 0 radical (unpaired) electrons. The smallest absolute Gasteiger partial charge is 0 e. The van der Waals surface area contributed by atoms with Gasteiger partial charge in [0.25, 0.3) is 0 Å². The van der Waals surface area contributed by atoms with E-state index in [-0.39, 0.29) is 19.5 Å². The Labute approximate surface area is 172 Å². The van der Waals surface area contributed by atoms with Crippen molar-refractivity contribution in [3.63, 3.8) is 0 Å². The zero-order valence-corrected chi connectivity index (χ0v) is 18.0. The maximum Gasteiger partial charge on any atom is 0 e. The first-order chi connectivity index (χ1) is 12.4. The van der Waals surface area contributed by atoms with Crippen molar-refractivity contribution in [2.75, 3.05) is 0 Å². The summed E-state index contributed by atoms with van der Waals surface area (Å²) < 4.78 is 0. The zero-order valence-electron chi connectivity index (χ0n) is 15.2. The number of hydrogen-bond acceptors (Lipinski definition) is 0. The SMILES string of the molecule is C1=CCC([PH](C2C=CC=CC2)(C2C=CC=CC2)C2C=CC=CC2)C=C1.[Ru]. The average molecular weight is 450 g/mol. The van der Waals surface area contributed by atoms with Gasteiger partial charge in [-0.2, -0.15) is 0 Å². The first-order valence-corrected chi connectivity index (χ1v) is 12.1. The van der Waals surface area contributed by atoms with Crippen LogP contribution in [0.1, 0.15) is 25.7 Å². The molecule has 0 fully saturated rings. The molecule has 4 rings (SSSR count). The van der Waals surface area contributed by atoms with Crippen LogP contribution in [0.3, 0.4) is 0 Å². The standard InChI is InChI=1S/C24H29P.Ru/c1-5-13-21(14-6-1)25(22-15-7-2-8-16-22,23-17-9-3-10-18-23)24-19-11-4-12-20-24;/h1-13,15,17,19,21-25H,14,16,18,20H2;. The molecule has 0 aromatic heterocycles. The Morgan fingerprint density at radius 3 is 0.885 bits per heavy atom. The van der Waals surface area contributed by atoms with Crippen LogP contribution in [0.4, 0.5) is 0 Å². The van der Waals surface area contributed by atoms with Gasteiger partial charge in [0.05, 0.1) is 0 Å². The number of allylic oxidation sites excluding steroid dienone is 16. The van der Waals surface area contributed by atoms with Gasteiger partial charge >= 0.3 is 153 Å². The normalized spacial score (nSPS) is 32.6. The topological polar surface area (TPSA) is 0 Å². The molecular formula is C24H29PRu. The third-order valence-electron chi connectivity index (χ3n) is 6.49. The Bertz CT molecular complexity index is 591. The number of rotatable bonds is 4. The molecule has 4 aliphatic carbocycles. The van der Waals surface area contributed by atoms with Crippen molar-refractivity contribution < 1.29 is 19.5 Å². The molecule has 2 heteroatoms. The van der Waals surface area contributed by atoms with Crippen LogP contribution in [-0.4, -0.2) is 22.6 Å². The van der Waals surface area contributed by atoms with E-state index in [0.29, 0.717) is 0 Å². The van der Waals surface area contributed by atoms with Crippen molar-refractivity contribution in [1.82, 2.24) is 0 Å². The minimum atomic E-state index is -1.74. The van der Waals surface area contributed by atoms with Crippen LogP contribution in [0.15, 0.2) is 97.2 Å². The van der Waals surface area contributed by atoms with Crippen LogP contribution in [0, 0.1) is 0 Å². The Kier molecular flexibility index (Phi) is 7.02. The van der Waals surface area contributed by atoms with Crippen LogP contribution >= 0.6 is 7.26 Å². The van der Waals surface area contributed by atoms with E-state index in [1.807, 2.05) is 0 Å². The van der Waals surface area contributed by atoms with Gasteiger partial charge in [-0.1, -0.05) is 0 Å². The van der Waals surface area contributed by atoms with Gasteiger partial charge in [0.1, 0.15) is 0 Å². The Morgan fingerprint density at radius 1 is 0.423 bits per heavy atom. The minimum Gasteiger partial charge on any atom is 0 e. The van der Waals surface area contributed by atoms with Crippen molar-refractivity contribution in [3.8, 4) is 0 Å². The van der Waals surface area contributed by atoms with Gasteiger partial charge in [-0.15, -0.1) is 0 Å². The van der Waals surface area contributed by atoms with Gasteiger partial charge in [0.15, 0.2) is 0 Å². The van der Waals surface area contributed by atoms with Gasteiger partial charge in [-0.3, -0.25) is 0 Å². The summed E-state index contributed by atoms with van der Waals surface area (Å²) in [5, 5.41) is 0. The van der Waals surface area contributed by atoms with E-state index in [1.165, 1.54) is 25.7 Å². The van der Waals surface area contributed by atoms with Crippen LogP contribution in [-0.2, 0) is 19.5 Å². The van der Waals surface area contributed by atoms with Crippen LogP contribution in [0.25, 0.3) is 0 Å². The maximum absolute atomic E-state index is 2.55. The number of hydrogen-bond donors (Lipinski definition) is 0. The Balaban J connectivity index is 0.00000196. The average Bonchev–Trinajstić information content (AvgIpc) is 2.72. The van der Waals surface area contributed by atoms with E-state index < -0.39 is 7.26 Å². The molecule has 0 N–H and O–H groups in total. The molecule has 4 aliphatic rings. The molecule has 138 valence electrons. The summed E-state index contributed by atoms with van der Waals surface area (Å²) in [7, 11) is -1.74. The molecular weight excluding hydrogens is 420 g/mol. The zero-order chi connectivity index (χ0) is 17.0. The van der Waals surface area contributed by atoms with Crippen molar-refractivity contribution >= 4 is 7.26 Å². The van der Waals surface area contributed by atoms with Crippen molar-refractivity contribution in [1.29, 1.82) is 0 Å². The van der Waals surface area contributed by atoms with Gasteiger partial charge in [-0.05, 0) is 0 Å². The third-order valence-corrected chi connectivity index (χ3v) is 13.3. The Morgan fingerprint density at radius 2 is 0.692 bits per heavy atom. The van der Waals surface area contributed by atoms with E-state index in [2.05, 4.69) is 97.2 Å². The second kappa shape index (κ2) is 9.26. The van der Waals surface area contributed by atoms with Crippen LogP contribution in [0.5, 0.6) is 0 Å². The fraction of sp³-hybridized carbons (Fsp3) is 0.333. The predicted octanol–water partition coefficient (Wildman–Crippen LogP) is 6.27. The quantitative estimate of drug-likeness (QED) is 0.350. The Hall–Kier alpha value is -1.03. The first-order valence-electron chi connectivity index (χ1n) is 9.75. The molecule has 0 bridgehead atoms. The summed E-state index contributed by atoms with van der Waals surface area (Å²) in [5.41, 5.74) is 2.89. The summed E-state index contributed by atoms with van der Waals surface area (Å²) in [5.74, 6) is 0. The molecule has 4 atom stereocenters. The summed E-state index contributed by atoms with van der Waals surface area (Å²) >= 11 is 0. The third kappa shape index (κ3) is 3.67. The molecule has 0 saturated carbocycles. The summed E-state index contributed by atoms with van der Waals surface area (Å²) in [6.45, 7) is 0. The molecule has 26 heavy (non-hydrogen) atoms. The van der Waals surface area contributed by atoms with E-state index in [9.17, 15) is 0 Å². The van der Waals surface area contributed by atoms with E-state index >= 15 is 0 Å². The monoisotopic (exact) mass is 450 g/mol. The largest absolute Gasteiger partial charge is 0 e. The molecule has 0 saturated heterocycles. The summed E-state index contributed by atoms with van der Waals surface area (Å²) in [6, 6.07) is 0. The van der Waals surface area contributed by atoms with Crippen LogP contribution in [0.2, 0.25) is 0 Å². The minimum absolute atomic E-state index is 0. The van der Waals surface area contributed by atoms with Gasteiger partial charge in [0.2, 0.25) is 0 Å². The second-order valence-electron chi connectivity index (χ2n) is 7.62. The fourth-order valence-corrected chi connectivity index (χ4v) is 12.7. The summed E-state index contributed by atoms with van der Waals surface area (Å²) in [4.78, 5) is 0. The van der Waals surface area contributed by atoms with E-state index in [0.717, 1.165) is 22.6 Å². The molecule has 0 aliphatic heterocycles. The van der Waals surface area contributed by atoms with Gasteiger partial charge in [-0.25, -0.2) is 0 Å². The van der Waals surface area contributed by atoms with Crippen LogP contribution < -0.4 is 0 Å². The van der Waals surface area contributed by atoms with Crippen molar-refractivity contribution in [2.24, 2.45) is 0 Å². The van der Waals surface area contributed by atoms with E-state index in [4.69, 9.17) is 0 Å². The molecule has 0 aromatic rings. The van der Waals surface area contributed by atoms with Gasteiger partial charge in [0, 0.05) is 19.5 Å². The van der Waals surface area contributed by atoms with E-state index in [1.54, 1.807) is 0 Å². The summed E-state index contributed by atoms with van der Waals surface area (Å²) in [6.07, 6.45) is 42.9. The maximum atomic E-state index is 2.55. The first kappa shape index (κ1) is 19.7. The predicted molar refractivity (Wildman–Crippen MR) is 115 cm³/mol. The fourth-order valence-electron chi connectivity index (χ4n) is 5.46. The van der Waals surface area contributed by atoms with Crippen molar-refractivity contribution in [2.45, 2.75) is 48.3 Å². The molecule has 4 unspecified atom stereocenters. The second-order valence-corrected chi connectivity index (χ2v) is 12.6. The molecule has 0 aromatic carbocycles.